The highest BCUT2D eigenvalue weighted by molar-refractivity contribution is 7.71. The summed E-state index contributed by atoms with van der Waals surface area (Å²) in [4.78, 5) is 2.44. The normalized spacial score (nSPS) is 18.4. The van der Waals surface area contributed by atoms with Crippen LogP contribution >= 0.6 is 12.2 Å². The molecule has 1 unspecified atom stereocenters. The first-order chi connectivity index (χ1) is 11.6. The summed E-state index contributed by atoms with van der Waals surface area (Å²) in [7, 11) is 0. The van der Waals surface area contributed by atoms with Gasteiger partial charge in [0.15, 0.2) is 10.6 Å². The minimum absolute atomic E-state index is 0.0715. The van der Waals surface area contributed by atoms with Gasteiger partial charge in [0.2, 0.25) is 0 Å². The van der Waals surface area contributed by atoms with Gasteiger partial charge in [-0.1, -0.05) is 36.8 Å². The maximum Gasteiger partial charge on any atom is 0.199 e. The monoisotopic (exact) mass is 346 g/mol. The van der Waals surface area contributed by atoms with Gasteiger partial charge in [-0.05, 0) is 44.0 Å². The van der Waals surface area contributed by atoms with Gasteiger partial charge < -0.3 is 9.67 Å². The summed E-state index contributed by atoms with van der Waals surface area (Å²) in [5.74, 6) is 0.660. The highest BCUT2D eigenvalue weighted by Gasteiger charge is 2.27. The lowest BCUT2D eigenvalue weighted by atomic mass is 10.0. The molecule has 1 N–H and O–H groups in total. The van der Waals surface area contributed by atoms with Crippen molar-refractivity contribution >= 4 is 12.2 Å². The van der Waals surface area contributed by atoms with Crippen LogP contribution in [-0.2, 0) is 19.8 Å². The molecule has 3 rings (SSSR count). The minimum atomic E-state index is -0.0715. The largest absolute Gasteiger partial charge is 0.388 e. The number of aliphatic hydroxyl groups excluding tert-OH is 1. The van der Waals surface area contributed by atoms with Crippen LogP contribution in [0.1, 0.15) is 49.2 Å². The third-order valence-corrected chi connectivity index (χ3v) is 5.13. The first-order valence-corrected chi connectivity index (χ1v) is 9.13. The van der Waals surface area contributed by atoms with E-state index in [2.05, 4.69) is 48.1 Å². The Hall–Kier alpha value is -1.50. The molecule has 1 aliphatic rings. The van der Waals surface area contributed by atoms with E-state index in [0.29, 0.717) is 23.3 Å². The zero-order chi connectivity index (χ0) is 17.1. The number of benzene rings is 1. The van der Waals surface area contributed by atoms with E-state index < -0.39 is 0 Å². The topological polar surface area (TPSA) is 46.2 Å². The summed E-state index contributed by atoms with van der Waals surface area (Å²) in [6, 6.07) is 9.17. The molecular weight excluding hydrogens is 320 g/mol. The number of nitrogens with zero attached hydrogens (tertiary/aromatic N) is 4. The van der Waals surface area contributed by atoms with Gasteiger partial charge in [-0.2, -0.15) is 5.10 Å². The standard InChI is InChI=1S/C18H26N4OS/c1-3-9-21-17(12-23)19-22(18(21)24)13-20-10-5-8-16(20)15-7-4-6-14(2)11-15/h4,6-7,11,16,23H,3,5,8-10,12-13H2,1-2H3. The summed E-state index contributed by atoms with van der Waals surface area (Å²) in [5.41, 5.74) is 2.67. The van der Waals surface area contributed by atoms with Gasteiger partial charge in [0, 0.05) is 19.1 Å². The van der Waals surface area contributed by atoms with Crippen molar-refractivity contribution in [1.82, 2.24) is 19.2 Å². The van der Waals surface area contributed by atoms with Crippen LogP contribution in [0.25, 0.3) is 0 Å². The van der Waals surface area contributed by atoms with Gasteiger partial charge in [-0.25, -0.2) is 4.68 Å². The van der Waals surface area contributed by atoms with E-state index in [-0.39, 0.29) is 6.61 Å². The van der Waals surface area contributed by atoms with Crippen LogP contribution in [0, 0.1) is 11.7 Å². The zero-order valence-corrected chi connectivity index (χ0v) is 15.3. The zero-order valence-electron chi connectivity index (χ0n) is 14.5. The van der Waals surface area contributed by atoms with Gasteiger partial charge >= 0.3 is 0 Å². The molecule has 1 aliphatic heterocycles. The van der Waals surface area contributed by atoms with Gasteiger partial charge in [0.05, 0.1) is 6.67 Å². The molecule has 6 heteroatoms. The molecule has 2 heterocycles. The molecule has 0 amide bonds. The fourth-order valence-corrected chi connectivity index (χ4v) is 3.86. The number of hydrogen-bond donors (Lipinski definition) is 1. The third-order valence-electron chi connectivity index (χ3n) is 4.69. The number of aryl methyl sites for hydroxylation is 1. The lowest BCUT2D eigenvalue weighted by Crippen LogP contribution is -2.27. The quantitative estimate of drug-likeness (QED) is 0.814. The van der Waals surface area contributed by atoms with E-state index in [1.54, 1.807) is 0 Å². The number of aliphatic hydroxyl groups is 1. The molecule has 1 saturated heterocycles. The Morgan fingerprint density at radius 1 is 1.38 bits per heavy atom. The molecule has 1 aromatic carbocycles. The molecule has 0 spiro atoms. The first-order valence-electron chi connectivity index (χ1n) is 8.72. The van der Waals surface area contributed by atoms with Crippen molar-refractivity contribution in [2.45, 2.75) is 59.0 Å². The molecule has 0 saturated carbocycles. The molecule has 1 fully saturated rings. The first kappa shape index (κ1) is 17.3. The van der Waals surface area contributed by atoms with Gasteiger partial charge in [-0.15, -0.1) is 0 Å². The number of likely N-dealkylation sites (tertiary alicyclic amines) is 1. The molecule has 24 heavy (non-hydrogen) atoms. The second-order valence-corrected chi connectivity index (χ2v) is 6.90. The van der Waals surface area contributed by atoms with Crippen molar-refractivity contribution in [3.8, 4) is 0 Å². The van der Waals surface area contributed by atoms with Gasteiger partial charge in [0.1, 0.15) is 6.61 Å². The maximum atomic E-state index is 9.55. The Morgan fingerprint density at radius 3 is 2.92 bits per heavy atom. The van der Waals surface area contributed by atoms with Crippen molar-refractivity contribution in [2.24, 2.45) is 0 Å². The van der Waals surface area contributed by atoms with Crippen LogP contribution in [0.2, 0.25) is 0 Å². The molecule has 1 atom stereocenters. The van der Waals surface area contributed by atoms with Crippen molar-refractivity contribution in [3.05, 3.63) is 46.0 Å². The summed E-state index contributed by atoms with van der Waals surface area (Å²) < 4.78 is 4.52. The number of hydrogen-bond acceptors (Lipinski definition) is 4. The smallest absolute Gasteiger partial charge is 0.199 e. The Morgan fingerprint density at radius 2 is 2.21 bits per heavy atom. The lowest BCUT2D eigenvalue weighted by Gasteiger charge is -2.24. The summed E-state index contributed by atoms with van der Waals surface area (Å²) in [6.07, 6.45) is 3.33. The van der Waals surface area contributed by atoms with Crippen molar-refractivity contribution in [1.29, 1.82) is 0 Å². The van der Waals surface area contributed by atoms with Crippen LogP contribution in [0.4, 0.5) is 0 Å². The van der Waals surface area contributed by atoms with Gasteiger partial charge in [0.25, 0.3) is 0 Å². The highest BCUT2D eigenvalue weighted by Crippen LogP contribution is 2.32. The fraction of sp³-hybridized carbons (Fsp3) is 0.556. The minimum Gasteiger partial charge on any atom is -0.388 e. The Balaban J connectivity index is 1.84. The molecule has 5 nitrogen and oxygen atoms in total. The molecule has 130 valence electrons. The van der Waals surface area contributed by atoms with Crippen LogP contribution < -0.4 is 0 Å². The Kier molecular flexibility index (Phi) is 5.48. The number of aromatic nitrogens is 3. The van der Waals surface area contributed by atoms with Crippen LogP contribution in [0.5, 0.6) is 0 Å². The van der Waals surface area contributed by atoms with E-state index in [9.17, 15) is 5.11 Å². The summed E-state index contributed by atoms with van der Waals surface area (Å²) in [6.45, 7) is 6.71. The van der Waals surface area contributed by atoms with E-state index in [0.717, 1.165) is 19.5 Å². The molecule has 2 aromatic rings. The summed E-state index contributed by atoms with van der Waals surface area (Å²) in [5, 5.41) is 14.1. The SMILES string of the molecule is CCCn1c(CO)nn(CN2CCCC2c2cccc(C)c2)c1=S. The third kappa shape index (κ3) is 3.45. The van der Waals surface area contributed by atoms with Crippen LogP contribution in [-0.4, -0.2) is 30.9 Å². The highest BCUT2D eigenvalue weighted by atomic mass is 32.1. The molecule has 0 aliphatic carbocycles. The van der Waals surface area contributed by atoms with E-state index in [1.165, 1.54) is 24.0 Å². The maximum absolute atomic E-state index is 9.55. The number of rotatable bonds is 6. The van der Waals surface area contributed by atoms with Crippen molar-refractivity contribution in [3.63, 3.8) is 0 Å². The second kappa shape index (κ2) is 7.59. The Bertz CT molecular complexity index is 752. The second-order valence-electron chi connectivity index (χ2n) is 6.53. The van der Waals surface area contributed by atoms with E-state index in [4.69, 9.17) is 12.2 Å². The van der Waals surface area contributed by atoms with E-state index in [1.807, 2.05) is 9.25 Å². The lowest BCUT2D eigenvalue weighted by molar-refractivity contribution is 0.188. The average molecular weight is 346 g/mol. The van der Waals surface area contributed by atoms with E-state index >= 15 is 0 Å². The molecule has 0 bridgehead atoms. The van der Waals surface area contributed by atoms with Crippen molar-refractivity contribution < 1.29 is 5.11 Å². The fourth-order valence-electron chi connectivity index (χ4n) is 3.57. The Labute approximate surface area is 148 Å². The van der Waals surface area contributed by atoms with Crippen LogP contribution in [0.15, 0.2) is 24.3 Å². The molecule has 0 radical (unpaired) electrons. The van der Waals surface area contributed by atoms with Gasteiger partial charge in [-0.3, -0.25) is 4.90 Å². The summed E-state index contributed by atoms with van der Waals surface area (Å²) >= 11 is 5.58. The van der Waals surface area contributed by atoms with Crippen molar-refractivity contribution in [2.75, 3.05) is 6.54 Å². The predicted molar refractivity (Wildman–Crippen MR) is 97.1 cm³/mol. The predicted octanol–water partition coefficient (Wildman–Crippen LogP) is 3.42. The molecular formula is C18H26N4OS. The van der Waals surface area contributed by atoms with Crippen LogP contribution in [0.3, 0.4) is 0 Å². The molecule has 1 aromatic heterocycles. The average Bonchev–Trinajstić information content (AvgIpc) is 3.15.